The number of rotatable bonds is 6. The number of imide groups is 1. The van der Waals surface area contributed by atoms with Crippen molar-refractivity contribution in [3.63, 3.8) is 0 Å². The largest absolute Gasteiger partial charge is 0.618 e. The highest BCUT2D eigenvalue weighted by Crippen LogP contribution is 2.28. The van der Waals surface area contributed by atoms with E-state index in [0.717, 1.165) is 14.6 Å². The molecule has 0 radical (unpaired) electrons. The molecule has 2 N–H and O–H groups in total. The SMILES string of the molecule is NC(=O)CC1CN(S(=O)(=O)c2ccc3cc(Cl)ccc3c2)CC(=O)N1C(=O)c1ccc(-c2cccc[n+]2[O-])cc1. The highest BCUT2D eigenvalue weighted by Gasteiger charge is 2.42. The third-order valence-corrected chi connectivity index (χ3v) is 8.72. The first-order valence-electron chi connectivity index (χ1n) is 12.2. The van der Waals surface area contributed by atoms with Crippen molar-refractivity contribution < 1.29 is 27.5 Å². The van der Waals surface area contributed by atoms with E-state index in [1.807, 2.05) is 0 Å². The quantitative estimate of drug-likeness (QED) is 0.211. The summed E-state index contributed by atoms with van der Waals surface area (Å²) >= 11 is 6.02. The van der Waals surface area contributed by atoms with Gasteiger partial charge in [0.25, 0.3) is 5.91 Å². The molecule has 1 aromatic heterocycles. The molecule has 0 aliphatic carbocycles. The van der Waals surface area contributed by atoms with E-state index >= 15 is 0 Å². The summed E-state index contributed by atoms with van der Waals surface area (Å²) in [5.41, 5.74) is 6.47. The second-order valence-electron chi connectivity index (χ2n) is 9.33. The third-order valence-electron chi connectivity index (χ3n) is 6.68. The van der Waals surface area contributed by atoms with Crippen molar-refractivity contribution in [1.82, 2.24) is 9.21 Å². The number of hydrogen-bond acceptors (Lipinski definition) is 6. The minimum Gasteiger partial charge on any atom is -0.618 e. The minimum absolute atomic E-state index is 0.0418. The zero-order valence-corrected chi connectivity index (χ0v) is 22.5. The van der Waals surface area contributed by atoms with E-state index in [0.29, 0.717) is 26.4 Å². The zero-order valence-electron chi connectivity index (χ0n) is 20.9. The lowest BCUT2D eigenvalue weighted by atomic mass is 10.0. The van der Waals surface area contributed by atoms with Gasteiger partial charge >= 0.3 is 0 Å². The monoisotopic (exact) mass is 578 g/mol. The summed E-state index contributed by atoms with van der Waals surface area (Å²) in [6, 6.07) is 19.4. The van der Waals surface area contributed by atoms with Crippen LogP contribution in [-0.2, 0) is 19.6 Å². The van der Waals surface area contributed by atoms with E-state index in [2.05, 4.69) is 0 Å². The molecule has 5 rings (SSSR count). The highest BCUT2D eigenvalue weighted by molar-refractivity contribution is 7.89. The number of primary amides is 1. The average molecular weight is 579 g/mol. The summed E-state index contributed by atoms with van der Waals surface area (Å²) in [6.07, 6.45) is 0.931. The predicted octanol–water partition coefficient (Wildman–Crippen LogP) is 2.71. The highest BCUT2D eigenvalue weighted by atomic mass is 35.5. The van der Waals surface area contributed by atoms with Gasteiger partial charge in [0.2, 0.25) is 27.5 Å². The van der Waals surface area contributed by atoms with E-state index in [9.17, 15) is 28.0 Å². The number of nitrogens with zero attached hydrogens (tertiary/aromatic N) is 3. The molecule has 1 saturated heterocycles. The first kappa shape index (κ1) is 27.3. The van der Waals surface area contributed by atoms with Gasteiger partial charge in [-0.05, 0) is 65.4 Å². The second-order valence-corrected chi connectivity index (χ2v) is 11.7. The molecule has 2 heterocycles. The normalized spacial score (nSPS) is 16.3. The van der Waals surface area contributed by atoms with Crippen LogP contribution in [0.3, 0.4) is 0 Å². The van der Waals surface area contributed by atoms with Crippen molar-refractivity contribution in [1.29, 1.82) is 0 Å². The number of fused-ring (bicyclic) bond motifs is 1. The van der Waals surface area contributed by atoms with Crippen LogP contribution >= 0.6 is 11.6 Å². The Bertz CT molecular complexity index is 1760. The molecule has 1 fully saturated rings. The number of nitrogens with two attached hydrogens (primary N) is 1. The van der Waals surface area contributed by atoms with Gasteiger partial charge < -0.3 is 10.9 Å². The molecule has 12 heteroatoms. The second kappa shape index (κ2) is 10.7. The summed E-state index contributed by atoms with van der Waals surface area (Å²) in [5.74, 6) is -2.29. The molecule has 0 bridgehead atoms. The molecule has 1 unspecified atom stereocenters. The Hall–Kier alpha value is -4.32. The molecule has 1 aliphatic heterocycles. The maximum atomic E-state index is 13.5. The van der Waals surface area contributed by atoms with Crippen LogP contribution in [0.2, 0.25) is 5.02 Å². The summed E-state index contributed by atoms with van der Waals surface area (Å²) in [5, 5.41) is 14.0. The van der Waals surface area contributed by atoms with Gasteiger partial charge in [-0.25, -0.2) is 8.42 Å². The van der Waals surface area contributed by atoms with Gasteiger partial charge in [0.05, 0.1) is 17.5 Å². The minimum atomic E-state index is -4.16. The Morgan fingerprint density at radius 3 is 2.40 bits per heavy atom. The van der Waals surface area contributed by atoms with E-state index in [1.54, 1.807) is 54.6 Å². The van der Waals surface area contributed by atoms with Gasteiger partial charge in [-0.2, -0.15) is 9.04 Å². The maximum absolute atomic E-state index is 13.5. The number of sulfonamides is 1. The lowest BCUT2D eigenvalue weighted by Gasteiger charge is -2.38. The van der Waals surface area contributed by atoms with Gasteiger partial charge in [-0.3, -0.25) is 19.3 Å². The van der Waals surface area contributed by atoms with Gasteiger partial charge in [-0.15, -0.1) is 0 Å². The number of halogens is 1. The van der Waals surface area contributed by atoms with Crippen molar-refractivity contribution in [2.75, 3.05) is 13.1 Å². The molecule has 1 aliphatic rings. The Morgan fingerprint density at radius 1 is 1.00 bits per heavy atom. The van der Waals surface area contributed by atoms with Crippen LogP contribution in [0.15, 0.2) is 90.0 Å². The fourth-order valence-corrected chi connectivity index (χ4v) is 6.38. The summed E-state index contributed by atoms with van der Waals surface area (Å²) in [4.78, 5) is 39.4. The number of hydrogen-bond donors (Lipinski definition) is 1. The maximum Gasteiger partial charge on any atom is 0.260 e. The number of carbonyl (C=O) groups is 3. The molecular formula is C28H23ClN4O6S. The zero-order chi connectivity index (χ0) is 28.6. The van der Waals surface area contributed by atoms with Crippen LogP contribution in [-0.4, -0.2) is 54.5 Å². The van der Waals surface area contributed by atoms with Crippen molar-refractivity contribution in [2.45, 2.75) is 17.4 Å². The number of pyridine rings is 1. The number of amides is 3. The fourth-order valence-electron chi connectivity index (χ4n) is 4.74. The van der Waals surface area contributed by atoms with Gasteiger partial charge in [0, 0.05) is 41.2 Å². The third kappa shape index (κ3) is 5.26. The molecule has 204 valence electrons. The van der Waals surface area contributed by atoms with Gasteiger partial charge in [0.15, 0.2) is 6.20 Å². The Labute approximate surface area is 234 Å². The number of aromatic nitrogens is 1. The van der Waals surface area contributed by atoms with Gasteiger partial charge in [0.1, 0.15) is 0 Å². The predicted molar refractivity (Wildman–Crippen MR) is 147 cm³/mol. The first-order valence-corrected chi connectivity index (χ1v) is 14.0. The lowest BCUT2D eigenvalue weighted by molar-refractivity contribution is -0.593. The van der Waals surface area contributed by atoms with E-state index < -0.39 is 46.8 Å². The Kier molecular flexibility index (Phi) is 7.28. The van der Waals surface area contributed by atoms with E-state index in [4.69, 9.17) is 17.3 Å². The van der Waals surface area contributed by atoms with Crippen LogP contribution in [0.25, 0.3) is 22.0 Å². The van der Waals surface area contributed by atoms with E-state index in [1.165, 1.54) is 30.5 Å². The fraction of sp³-hybridized carbons (Fsp3) is 0.143. The molecule has 3 amide bonds. The van der Waals surface area contributed by atoms with Crippen molar-refractivity contribution in [3.05, 3.63) is 101 Å². The standard InChI is InChI=1S/C28H23ClN4O6S/c29-22-10-8-21-14-24(11-9-20(21)13-22)40(38,39)31-16-23(15-26(30)34)33(27(35)17-31)28(36)19-6-4-18(5-7-19)25-3-1-2-12-32(25)37/h1-14,23H,15-17H2,(H2,30,34). The van der Waals surface area contributed by atoms with Gasteiger partial charge in [-0.1, -0.05) is 23.7 Å². The molecule has 10 nitrogen and oxygen atoms in total. The van der Waals surface area contributed by atoms with Crippen LogP contribution in [0.5, 0.6) is 0 Å². The van der Waals surface area contributed by atoms with Crippen molar-refractivity contribution in [2.24, 2.45) is 5.73 Å². The summed E-state index contributed by atoms with van der Waals surface area (Å²) < 4.78 is 28.7. The summed E-state index contributed by atoms with van der Waals surface area (Å²) in [7, 11) is -4.16. The molecule has 40 heavy (non-hydrogen) atoms. The molecular weight excluding hydrogens is 556 g/mol. The Balaban J connectivity index is 1.42. The molecule has 4 aromatic rings. The van der Waals surface area contributed by atoms with Crippen molar-refractivity contribution >= 4 is 50.1 Å². The number of carbonyl (C=O) groups excluding carboxylic acids is 3. The average Bonchev–Trinajstić information content (AvgIpc) is 2.92. The van der Waals surface area contributed by atoms with Crippen LogP contribution in [0.1, 0.15) is 16.8 Å². The van der Waals surface area contributed by atoms with Crippen LogP contribution in [0, 0.1) is 5.21 Å². The smallest absolute Gasteiger partial charge is 0.260 e. The molecule has 3 aromatic carbocycles. The van der Waals surface area contributed by atoms with E-state index in [-0.39, 0.29) is 17.0 Å². The summed E-state index contributed by atoms with van der Waals surface area (Å²) in [6.45, 7) is -0.903. The Morgan fingerprint density at radius 2 is 1.70 bits per heavy atom. The number of benzene rings is 3. The van der Waals surface area contributed by atoms with Crippen LogP contribution in [0.4, 0.5) is 0 Å². The lowest BCUT2D eigenvalue weighted by Crippen LogP contribution is -2.60. The molecule has 0 saturated carbocycles. The van der Waals surface area contributed by atoms with Crippen molar-refractivity contribution in [3.8, 4) is 11.3 Å². The molecule has 1 atom stereocenters. The van der Waals surface area contributed by atoms with Crippen LogP contribution < -0.4 is 10.5 Å². The first-order chi connectivity index (χ1) is 19.0. The number of piperazine rings is 1. The topological polar surface area (TPSA) is 145 Å². The molecule has 0 spiro atoms.